The molecule has 164 valence electrons. The number of hydrogen-bond donors (Lipinski definition) is 3. The first-order valence-corrected chi connectivity index (χ1v) is 10.4. The summed E-state index contributed by atoms with van der Waals surface area (Å²) in [6.07, 6.45) is -4.57. The summed E-state index contributed by atoms with van der Waals surface area (Å²) in [6, 6.07) is 3.70. The predicted molar refractivity (Wildman–Crippen MR) is 103 cm³/mol. The van der Waals surface area contributed by atoms with Crippen LogP contribution in [0.15, 0.2) is 29.3 Å². The fourth-order valence-corrected chi connectivity index (χ4v) is 5.03. The van der Waals surface area contributed by atoms with Crippen LogP contribution >= 0.6 is 11.6 Å². The molecule has 1 aliphatic rings. The Bertz CT molecular complexity index is 1110. The summed E-state index contributed by atoms with van der Waals surface area (Å²) in [6.45, 7) is 0. The number of aromatic nitrogens is 1. The first-order valence-electron chi connectivity index (χ1n) is 8.55. The lowest BCUT2D eigenvalue weighted by atomic mass is 10.2. The third-order valence-electron chi connectivity index (χ3n) is 4.71. The van der Waals surface area contributed by atoms with Crippen LogP contribution in [0.25, 0.3) is 0 Å². The van der Waals surface area contributed by atoms with Gasteiger partial charge >= 0.3 is 6.18 Å². The van der Waals surface area contributed by atoms with Gasteiger partial charge in [0.1, 0.15) is 21.9 Å². The number of carbonyl (C=O) groups is 1. The van der Waals surface area contributed by atoms with E-state index >= 15 is 0 Å². The van der Waals surface area contributed by atoms with Crippen molar-refractivity contribution in [3.63, 3.8) is 0 Å². The second kappa shape index (κ2) is 7.43. The number of rotatable bonds is 6. The molecule has 1 amide bonds. The molecule has 3 rings (SSSR count). The summed E-state index contributed by atoms with van der Waals surface area (Å²) < 4.78 is 80.8. The van der Waals surface area contributed by atoms with E-state index in [9.17, 15) is 30.8 Å². The minimum atomic E-state index is -4.75. The highest BCUT2D eigenvalue weighted by molar-refractivity contribution is 7.89. The first-order chi connectivity index (χ1) is 13.8. The van der Waals surface area contributed by atoms with Gasteiger partial charge in [0.05, 0.1) is 10.7 Å². The molecule has 13 heteroatoms. The van der Waals surface area contributed by atoms with Gasteiger partial charge < -0.3 is 15.2 Å². The molecule has 0 spiro atoms. The quantitative estimate of drug-likeness (QED) is 0.566. The van der Waals surface area contributed by atoms with Crippen LogP contribution < -0.4 is 15.4 Å². The van der Waals surface area contributed by atoms with Gasteiger partial charge in [-0.3, -0.25) is 4.79 Å². The number of alkyl halides is 3. The number of sulfonamides is 1. The maximum absolute atomic E-state index is 13.6. The van der Waals surface area contributed by atoms with E-state index in [-0.39, 0.29) is 29.9 Å². The van der Waals surface area contributed by atoms with Crippen molar-refractivity contribution < 1.29 is 30.8 Å². The lowest BCUT2D eigenvalue weighted by molar-refractivity contribution is -0.160. The van der Waals surface area contributed by atoms with E-state index < -0.39 is 43.4 Å². The van der Waals surface area contributed by atoms with Crippen molar-refractivity contribution in [1.82, 2.24) is 9.29 Å². The Balaban J connectivity index is 1.89. The van der Waals surface area contributed by atoms with Crippen LogP contribution in [0.4, 0.5) is 28.9 Å². The van der Waals surface area contributed by atoms with E-state index in [1.54, 1.807) is 4.72 Å². The number of aryl methyl sites for hydroxylation is 1. The first kappa shape index (κ1) is 22.4. The van der Waals surface area contributed by atoms with Crippen LogP contribution in [0.1, 0.15) is 23.3 Å². The van der Waals surface area contributed by atoms with Crippen LogP contribution in [0.5, 0.6) is 0 Å². The lowest BCUT2D eigenvalue weighted by Gasteiger charge is -2.20. The van der Waals surface area contributed by atoms with Gasteiger partial charge in [0.2, 0.25) is 10.0 Å². The van der Waals surface area contributed by atoms with Gasteiger partial charge in [-0.15, -0.1) is 0 Å². The van der Waals surface area contributed by atoms with Crippen LogP contribution in [-0.2, 0) is 17.1 Å². The van der Waals surface area contributed by atoms with Crippen molar-refractivity contribution in [2.24, 2.45) is 7.05 Å². The monoisotopic (exact) mass is 468 g/mol. The normalized spacial score (nSPS) is 15.7. The zero-order valence-electron chi connectivity index (χ0n) is 15.7. The fraction of sp³-hybridized carbons (Fsp3) is 0.353. The molecular formula is C17H17ClF4N4O3S. The highest BCUT2D eigenvalue weighted by Gasteiger charge is 2.65. The summed E-state index contributed by atoms with van der Waals surface area (Å²) in [5.74, 6) is -1.37. The number of halogens is 5. The topological polar surface area (TPSA) is 92.2 Å². The van der Waals surface area contributed by atoms with E-state index in [1.807, 2.05) is 0 Å². The van der Waals surface area contributed by atoms with Gasteiger partial charge in [-0.2, -0.15) is 17.9 Å². The number of carbonyl (C=O) groups excluding carboxylic acids is 1. The lowest BCUT2D eigenvalue weighted by Crippen LogP contribution is -2.47. The Labute approximate surface area is 174 Å². The van der Waals surface area contributed by atoms with Crippen LogP contribution in [-0.4, -0.2) is 37.7 Å². The molecule has 7 nitrogen and oxygen atoms in total. The molecule has 0 atom stereocenters. The van der Waals surface area contributed by atoms with Gasteiger partial charge in [-0.1, -0.05) is 11.6 Å². The van der Waals surface area contributed by atoms with Gasteiger partial charge in [-0.25, -0.2) is 12.8 Å². The Kier molecular flexibility index (Phi) is 5.54. The summed E-state index contributed by atoms with van der Waals surface area (Å²) in [4.78, 5) is 12.0. The van der Waals surface area contributed by atoms with Crippen LogP contribution in [0, 0.1) is 5.82 Å². The smallest absolute Gasteiger partial charge is 0.386 e. The molecule has 1 fully saturated rings. The van der Waals surface area contributed by atoms with Crippen LogP contribution in [0.3, 0.4) is 0 Å². The van der Waals surface area contributed by atoms with E-state index in [2.05, 4.69) is 10.6 Å². The molecule has 30 heavy (non-hydrogen) atoms. The summed E-state index contributed by atoms with van der Waals surface area (Å²) in [7, 11) is -1.85. The SMILES string of the molecule is CNc1cc(NC(=O)c2c(Cl)c(S(=O)(=O)NC3(C(F)(F)F)CC3)cn2C)ccc1F. The highest BCUT2D eigenvalue weighted by atomic mass is 35.5. The molecule has 0 bridgehead atoms. The van der Waals surface area contributed by atoms with E-state index in [4.69, 9.17) is 11.6 Å². The molecular weight excluding hydrogens is 452 g/mol. The Morgan fingerprint density at radius 2 is 1.90 bits per heavy atom. The molecule has 1 saturated carbocycles. The maximum Gasteiger partial charge on any atom is 0.407 e. The van der Waals surface area contributed by atoms with Gasteiger partial charge in [0, 0.05) is 26.0 Å². The molecule has 3 N–H and O–H groups in total. The maximum atomic E-state index is 13.6. The summed E-state index contributed by atoms with van der Waals surface area (Å²) in [5, 5.41) is 4.51. The fourth-order valence-electron chi connectivity index (χ4n) is 2.88. The number of benzene rings is 1. The Hall–Kier alpha value is -2.31. The minimum absolute atomic E-state index is 0.111. The largest absolute Gasteiger partial charge is 0.407 e. The number of anilines is 2. The predicted octanol–water partition coefficient (Wildman–Crippen LogP) is 3.48. The molecule has 0 saturated heterocycles. The third-order valence-corrected chi connectivity index (χ3v) is 6.75. The van der Waals surface area contributed by atoms with Gasteiger partial charge in [-0.05, 0) is 31.0 Å². The number of nitrogens with one attached hydrogen (secondary N) is 3. The molecule has 0 radical (unpaired) electrons. The molecule has 0 unspecified atom stereocenters. The van der Waals surface area contributed by atoms with Crippen molar-refractivity contribution in [2.75, 3.05) is 17.7 Å². The van der Waals surface area contributed by atoms with E-state index in [0.717, 1.165) is 16.8 Å². The molecule has 0 aliphatic heterocycles. The van der Waals surface area contributed by atoms with Gasteiger partial charge in [0.15, 0.2) is 0 Å². The molecule has 1 aromatic carbocycles. The van der Waals surface area contributed by atoms with Crippen molar-refractivity contribution in [1.29, 1.82) is 0 Å². The highest BCUT2D eigenvalue weighted by Crippen LogP contribution is 2.50. The van der Waals surface area contributed by atoms with E-state index in [0.29, 0.717) is 0 Å². The van der Waals surface area contributed by atoms with Crippen molar-refractivity contribution in [3.05, 3.63) is 40.9 Å². The molecule has 1 heterocycles. The number of amides is 1. The standard InChI is InChI=1S/C17H17ClF4N4O3S/c1-23-11-7-9(3-4-10(11)19)24-15(27)14-13(18)12(8-26(14)2)30(28,29)25-16(5-6-16)17(20,21)22/h3-4,7-8,23,25H,5-6H2,1-2H3,(H,24,27). The van der Waals surface area contributed by atoms with Crippen molar-refractivity contribution in [3.8, 4) is 0 Å². The van der Waals surface area contributed by atoms with E-state index in [1.165, 1.54) is 26.2 Å². The Morgan fingerprint density at radius 1 is 1.27 bits per heavy atom. The minimum Gasteiger partial charge on any atom is -0.386 e. The van der Waals surface area contributed by atoms with Crippen molar-refractivity contribution in [2.45, 2.75) is 29.5 Å². The second-order valence-corrected chi connectivity index (χ2v) is 8.88. The number of hydrogen-bond acceptors (Lipinski definition) is 4. The molecule has 1 aliphatic carbocycles. The third kappa shape index (κ3) is 3.98. The average molecular weight is 469 g/mol. The van der Waals surface area contributed by atoms with Crippen molar-refractivity contribution >= 4 is 38.9 Å². The number of nitrogens with zero attached hydrogens (tertiary/aromatic N) is 1. The molecule has 1 aromatic heterocycles. The van der Waals surface area contributed by atoms with Gasteiger partial charge in [0.25, 0.3) is 5.91 Å². The Morgan fingerprint density at radius 3 is 2.43 bits per heavy atom. The molecule has 2 aromatic rings. The average Bonchev–Trinajstić information content (AvgIpc) is 3.34. The zero-order chi connectivity index (χ0) is 22.5. The summed E-state index contributed by atoms with van der Waals surface area (Å²) in [5.41, 5.74) is -2.51. The zero-order valence-corrected chi connectivity index (χ0v) is 17.3. The summed E-state index contributed by atoms with van der Waals surface area (Å²) >= 11 is 6.07. The second-order valence-electron chi connectivity index (χ2n) is 6.85. The van der Waals surface area contributed by atoms with Crippen LogP contribution in [0.2, 0.25) is 5.02 Å².